The molecule has 0 spiro atoms. The standard InChI is InChI=1S/C22H32N2O2/c1-17-8-4-5-9-18(17)10-6-7-11-21(26)20-13-12-19(24(20)3)14-15-22(2,23)16-25/h4-5,8-9,12-13,25H,6-7,10-11,14-16,23H2,1-3H3/t22-/m1/s1. The zero-order valence-electron chi connectivity index (χ0n) is 16.3. The normalized spacial score (nSPS) is 13.6. The molecule has 2 aromatic rings. The number of ketones is 1. The molecule has 4 nitrogen and oxygen atoms in total. The van der Waals surface area contributed by atoms with Crippen molar-refractivity contribution in [2.45, 2.75) is 57.9 Å². The number of Topliss-reactive ketones (excluding diaryl/α,β-unsaturated/α-hetero) is 1. The lowest BCUT2D eigenvalue weighted by molar-refractivity contribution is 0.0971. The van der Waals surface area contributed by atoms with Gasteiger partial charge in [0.05, 0.1) is 12.3 Å². The van der Waals surface area contributed by atoms with Crippen LogP contribution < -0.4 is 5.73 Å². The third kappa shape index (κ3) is 5.55. The highest BCUT2D eigenvalue weighted by Gasteiger charge is 2.19. The summed E-state index contributed by atoms with van der Waals surface area (Å²) in [5.74, 6) is 0.196. The van der Waals surface area contributed by atoms with E-state index in [-0.39, 0.29) is 12.4 Å². The molecule has 1 aromatic heterocycles. The third-order valence-corrected chi connectivity index (χ3v) is 5.19. The zero-order valence-corrected chi connectivity index (χ0v) is 16.3. The van der Waals surface area contributed by atoms with Crippen molar-refractivity contribution in [3.05, 3.63) is 58.9 Å². The molecule has 142 valence electrons. The number of rotatable bonds is 10. The second kappa shape index (κ2) is 9.15. The number of carbonyl (C=O) groups is 1. The summed E-state index contributed by atoms with van der Waals surface area (Å²) in [5.41, 5.74) is 9.95. The molecular formula is C22H32N2O2. The van der Waals surface area contributed by atoms with E-state index in [0.29, 0.717) is 12.8 Å². The van der Waals surface area contributed by atoms with Gasteiger partial charge < -0.3 is 15.4 Å². The fraction of sp³-hybridized carbons (Fsp3) is 0.500. The zero-order chi connectivity index (χ0) is 19.2. The van der Waals surface area contributed by atoms with Gasteiger partial charge in [0.1, 0.15) is 0 Å². The number of nitrogens with zero attached hydrogens (tertiary/aromatic N) is 1. The Morgan fingerprint density at radius 1 is 1.15 bits per heavy atom. The predicted molar refractivity (Wildman–Crippen MR) is 106 cm³/mol. The molecule has 0 radical (unpaired) electrons. The lowest BCUT2D eigenvalue weighted by Crippen LogP contribution is -2.40. The van der Waals surface area contributed by atoms with Crippen LogP contribution in [0.1, 0.15) is 59.9 Å². The Hall–Kier alpha value is -1.91. The van der Waals surface area contributed by atoms with Gasteiger partial charge in [-0.1, -0.05) is 24.3 Å². The quantitative estimate of drug-likeness (QED) is 0.505. The minimum absolute atomic E-state index is 0.0376. The maximum atomic E-state index is 12.5. The van der Waals surface area contributed by atoms with E-state index in [1.807, 2.05) is 30.7 Å². The van der Waals surface area contributed by atoms with Gasteiger partial charge in [-0.25, -0.2) is 0 Å². The van der Waals surface area contributed by atoms with Crippen LogP contribution in [0, 0.1) is 6.92 Å². The number of nitrogens with two attached hydrogens (primary N) is 1. The Morgan fingerprint density at radius 2 is 1.88 bits per heavy atom. The van der Waals surface area contributed by atoms with Gasteiger partial charge in [0.25, 0.3) is 0 Å². The summed E-state index contributed by atoms with van der Waals surface area (Å²) in [4.78, 5) is 12.5. The first-order valence-corrected chi connectivity index (χ1v) is 9.46. The van der Waals surface area contributed by atoms with Crippen LogP contribution >= 0.6 is 0 Å². The van der Waals surface area contributed by atoms with Crippen molar-refractivity contribution in [1.29, 1.82) is 0 Å². The molecule has 1 heterocycles. The minimum atomic E-state index is -0.579. The largest absolute Gasteiger partial charge is 0.394 e. The maximum absolute atomic E-state index is 12.5. The van der Waals surface area contributed by atoms with Gasteiger partial charge in [-0.05, 0) is 69.2 Å². The number of hydrogen-bond acceptors (Lipinski definition) is 3. The van der Waals surface area contributed by atoms with Crippen LogP contribution in [0.2, 0.25) is 0 Å². The van der Waals surface area contributed by atoms with Crippen LogP contribution in [0.5, 0.6) is 0 Å². The molecule has 0 aliphatic heterocycles. The van der Waals surface area contributed by atoms with Gasteiger partial charge in [0, 0.05) is 24.7 Å². The number of aromatic nitrogens is 1. The van der Waals surface area contributed by atoms with E-state index in [2.05, 4.69) is 31.2 Å². The third-order valence-electron chi connectivity index (χ3n) is 5.19. The molecule has 0 amide bonds. The average Bonchev–Trinajstić information content (AvgIpc) is 2.99. The first-order chi connectivity index (χ1) is 12.3. The molecule has 4 heteroatoms. The molecule has 0 saturated carbocycles. The molecule has 0 bridgehead atoms. The van der Waals surface area contributed by atoms with Gasteiger partial charge in [-0.3, -0.25) is 4.79 Å². The molecule has 2 rings (SSSR count). The van der Waals surface area contributed by atoms with Crippen LogP contribution in [0.4, 0.5) is 0 Å². The van der Waals surface area contributed by atoms with Crippen LogP contribution in [-0.2, 0) is 19.9 Å². The van der Waals surface area contributed by atoms with Crippen molar-refractivity contribution >= 4 is 5.78 Å². The summed E-state index contributed by atoms with van der Waals surface area (Å²) in [7, 11) is 1.93. The van der Waals surface area contributed by atoms with Crippen LogP contribution in [-0.4, -0.2) is 27.6 Å². The monoisotopic (exact) mass is 356 g/mol. The smallest absolute Gasteiger partial charge is 0.179 e. The molecular weight excluding hydrogens is 324 g/mol. The Morgan fingerprint density at radius 3 is 2.58 bits per heavy atom. The number of hydrogen-bond donors (Lipinski definition) is 2. The van der Waals surface area contributed by atoms with E-state index in [9.17, 15) is 9.90 Å². The lowest BCUT2D eigenvalue weighted by Gasteiger charge is -2.21. The second-order valence-electron chi connectivity index (χ2n) is 7.64. The molecule has 0 aliphatic carbocycles. The number of aryl methyl sites for hydroxylation is 3. The van der Waals surface area contributed by atoms with E-state index in [0.717, 1.165) is 37.1 Å². The van der Waals surface area contributed by atoms with Crippen molar-refractivity contribution in [3.63, 3.8) is 0 Å². The number of carbonyl (C=O) groups excluding carboxylic acids is 1. The number of aliphatic hydroxyl groups excluding tert-OH is 1. The van der Waals surface area contributed by atoms with E-state index < -0.39 is 5.54 Å². The fourth-order valence-corrected chi connectivity index (χ4v) is 3.20. The first-order valence-electron chi connectivity index (χ1n) is 9.46. The molecule has 0 unspecified atom stereocenters. The molecule has 26 heavy (non-hydrogen) atoms. The van der Waals surface area contributed by atoms with Gasteiger partial charge in [0.15, 0.2) is 5.78 Å². The van der Waals surface area contributed by atoms with E-state index in [4.69, 9.17) is 5.73 Å². The van der Waals surface area contributed by atoms with Crippen LogP contribution in [0.3, 0.4) is 0 Å². The van der Waals surface area contributed by atoms with E-state index in [1.54, 1.807) is 0 Å². The molecule has 0 fully saturated rings. The van der Waals surface area contributed by atoms with Gasteiger partial charge in [-0.2, -0.15) is 0 Å². The summed E-state index contributed by atoms with van der Waals surface area (Å²) in [5, 5.41) is 9.27. The van der Waals surface area contributed by atoms with Crippen molar-refractivity contribution < 1.29 is 9.90 Å². The van der Waals surface area contributed by atoms with Gasteiger partial charge in [-0.15, -0.1) is 0 Å². The average molecular weight is 357 g/mol. The fourth-order valence-electron chi connectivity index (χ4n) is 3.20. The maximum Gasteiger partial charge on any atom is 0.179 e. The van der Waals surface area contributed by atoms with E-state index >= 15 is 0 Å². The Bertz CT molecular complexity index is 731. The van der Waals surface area contributed by atoms with Crippen molar-refractivity contribution in [1.82, 2.24) is 4.57 Å². The van der Waals surface area contributed by atoms with E-state index in [1.165, 1.54) is 11.1 Å². The Labute approximate surface area is 157 Å². The van der Waals surface area contributed by atoms with Crippen molar-refractivity contribution in [2.75, 3.05) is 6.61 Å². The molecule has 1 atom stereocenters. The topological polar surface area (TPSA) is 68.2 Å². The lowest BCUT2D eigenvalue weighted by atomic mass is 9.97. The summed E-state index contributed by atoms with van der Waals surface area (Å²) >= 11 is 0. The molecule has 0 saturated heterocycles. The summed E-state index contributed by atoms with van der Waals surface area (Å²) in [6, 6.07) is 12.3. The minimum Gasteiger partial charge on any atom is -0.394 e. The first kappa shape index (κ1) is 20.4. The molecule has 0 aliphatic rings. The number of benzene rings is 1. The molecule has 1 aromatic carbocycles. The Balaban J connectivity index is 1.83. The van der Waals surface area contributed by atoms with Gasteiger partial charge in [0.2, 0.25) is 0 Å². The van der Waals surface area contributed by atoms with Crippen molar-refractivity contribution in [2.24, 2.45) is 12.8 Å². The highest BCUT2D eigenvalue weighted by atomic mass is 16.3. The highest BCUT2D eigenvalue weighted by molar-refractivity contribution is 5.94. The van der Waals surface area contributed by atoms with Gasteiger partial charge >= 0.3 is 0 Å². The second-order valence-corrected chi connectivity index (χ2v) is 7.64. The Kier molecular flexibility index (Phi) is 7.18. The SMILES string of the molecule is Cc1ccccc1CCCCC(=O)c1ccc(CC[C@@](C)(N)CO)n1C. The number of aliphatic hydroxyl groups is 1. The molecule has 3 N–H and O–H groups in total. The summed E-state index contributed by atoms with van der Waals surface area (Å²) in [6.07, 6.45) is 4.97. The predicted octanol–water partition coefficient (Wildman–Crippen LogP) is 3.57. The number of unbranched alkanes of at least 4 members (excludes halogenated alkanes) is 1. The van der Waals surface area contributed by atoms with Crippen molar-refractivity contribution in [3.8, 4) is 0 Å². The summed E-state index contributed by atoms with van der Waals surface area (Å²) < 4.78 is 1.97. The van der Waals surface area contributed by atoms with Crippen LogP contribution in [0.25, 0.3) is 0 Å². The van der Waals surface area contributed by atoms with Crippen LogP contribution in [0.15, 0.2) is 36.4 Å². The highest BCUT2D eigenvalue weighted by Crippen LogP contribution is 2.17. The summed E-state index contributed by atoms with van der Waals surface area (Å²) in [6.45, 7) is 3.94.